The number of benzene rings is 1. The zero-order chi connectivity index (χ0) is 11.1. The summed E-state index contributed by atoms with van der Waals surface area (Å²) in [7, 11) is 0. The monoisotopic (exact) mass is 239 g/mol. The standard InChI is InChI=1S/C12H11Cl2N/c1-8-4-5-12(8,7-15)9-2-3-10(13)11(14)6-9/h2-3,6,8H,4-5H2,1H3. The third-order valence-corrected chi connectivity index (χ3v) is 4.19. The lowest BCUT2D eigenvalue weighted by Crippen LogP contribution is -2.41. The molecule has 0 N–H and O–H groups in total. The Morgan fingerprint density at radius 2 is 2.13 bits per heavy atom. The first-order valence-corrected chi connectivity index (χ1v) is 5.72. The maximum atomic E-state index is 9.29. The van der Waals surface area contributed by atoms with Crippen molar-refractivity contribution in [3.8, 4) is 6.07 Å². The van der Waals surface area contributed by atoms with Gasteiger partial charge in [-0.3, -0.25) is 0 Å². The Hall–Kier alpha value is -0.710. The fraction of sp³-hybridized carbons (Fsp3) is 0.417. The van der Waals surface area contributed by atoms with E-state index in [0.717, 1.165) is 18.4 Å². The summed E-state index contributed by atoms with van der Waals surface area (Å²) < 4.78 is 0. The predicted octanol–water partition coefficient (Wildman–Crippen LogP) is 4.18. The SMILES string of the molecule is CC1CCC1(C#N)c1ccc(Cl)c(Cl)c1. The van der Waals surface area contributed by atoms with Crippen molar-refractivity contribution in [2.45, 2.75) is 25.2 Å². The lowest BCUT2D eigenvalue weighted by atomic mass is 9.58. The minimum atomic E-state index is -0.339. The summed E-state index contributed by atoms with van der Waals surface area (Å²) in [5.41, 5.74) is 0.659. The molecule has 1 aliphatic rings. The Morgan fingerprint density at radius 3 is 2.53 bits per heavy atom. The molecule has 3 heteroatoms. The van der Waals surface area contributed by atoms with E-state index in [1.807, 2.05) is 12.1 Å². The summed E-state index contributed by atoms with van der Waals surface area (Å²) in [6.07, 6.45) is 2.02. The molecule has 1 nitrogen and oxygen atoms in total. The molecule has 0 spiro atoms. The third-order valence-electron chi connectivity index (χ3n) is 3.45. The highest BCUT2D eigenvalue weighted by Crippen LogP contribution is 2.48. The zero-order valence-corrected chi connectivity index (χ0v) is 9.94. The van der Waals surface area contributed by atoms with Gasteiger partial charge in [-0.05, 0) is 36.5 Å². The third kappa shape index (κ3) is 1.53. The number of hydrogen-bond donors (Lipinski definition) is 0. The van der Waals surface area contributed by atoms with Crippen molar-refractivity contribution in [3.63, 3.8) is 0 Å². The van der Waals surface area contributed by atoms with Crippen molar-refractivity contribution in [1.29, 1.82) is 5.26 Å². The van der Waals surface area contributed by atoms with Crippen LogP contribution in [-0.2, 0) is 5.41 Å². The second-order valence-corrected chi connectivity index (χ2v) is 4.97. The number of halogens is 2. The van der Waals surface area contributed by atoms with E-state index in [2.05, 4.69) is 13.0 Å². The van der Waals surface area contributed by atoms with Gasteiger partial charge in [-0.25, -0.2) is 0 Å². The highest BCUT2D eigenvalue weighted by Gasteiger charge is 2.45. The van der Waals surface area contributed by atoms with Gasteiger partial charge in [-0.1, -0.05) is 36.2 Å². The summed E-state index contributed by atoms with van der Waals surface area (Å²) in [5.74, 6) is 0.403. The molecule has 1 aliphatic carbocycles. The summed E-state index contributed by atoms with van der Waals surface area (Å²) in [6, 6.07) is 7.93. The van der Waals surface area contributed by atoms with Gasteiger partial charge in [-0.15, -0.1) is 0 Å². The fourth-order valence-electron chi connectivity index (χ4n) is 2.15. The average Bonchev–Trinajstić information content (AvgIpc) is 2.22. The van der Waals surface area contributed by atoms with E-state index in [1.165, 1.54) is 0 Å². The number of nitriles is 1. The van der Waals surface area contributed by atoms with Crippen molar-refractivity contribution < 1.29 is 0 Å². The molecular formula is C12H11Cl2N. The Bertz CT molecular complexity index is 436. The molecule has 0 heterocycles. The molecule has 0 aromatic heterocycles. The fourth-order valence-corrected chi connectivity index (χ4v) is 2.45. The molecule has 0 bridgehead atoms. The molecule has 2 unspecified atom stereocenters. The number of rotatable bonds is 1. The quantitative estimate of drug-likeness (QED) is 0.722. The first kappa shape index (κ1) is 10.8. The maximum absolute atomic E-state index is 9.29. The van der Waals surface area contributed by atoms with E-state index in [0.29, 0.717) is 16.0 Å². The van der Waals surface area contributed by atoms with Gasteiger partial charge >= 0.3 is 0 Å². The summed E-state index contributed by atoms with van der Waals surface area (Å²) in [6.45, 7) is 2.11. The molecule has 15 heavy (non-hydrogen) atoms. The van der Waals surface area contributed by atoms with Gasteiger partial charge in [0, 0.05) is 0 Å². The molecule has 1 fully saturated rings. The molecule has 2 atom stereocenters. The van der Waals surface area contributed by atoms with Gasteiger partial charge < -0.3 is 0 Å². The van der Waals surface area contributed by atoms with Crippen molar-refractivity contribution >= 4 is 23.2 Å². The van der Waals surface area contributed by atoms with Crippen molar-refractivity contribution in [3.05, 3.63) is 33.8 Å². The van der Waals surface area contributed by atoms with Crippen LogP contribution < -0.4 is 0 Å². The average molecular weight is 240 g/mol. The Labute approximate surface area is 99.6 Å². The molecule has 1 aromatic rings. The van der Waals surface area contributed by atoms with Crippen LogP contribution in [0.1, 0.15) is 25.3 Å². The lowest BCUT2D eigenvalue weighted by Gasteiger charge is -2.43. The van der Waals surface area contributed by atoms with Crippen LogP contribution in [0.2, 0.25) is 10.0 Å². The molecule has 1 saturated carbocycles. The van der Waals surface area contributed by atoms with E-state index in [9.17, 15) is 5.26 Å². The molecule has 2 rings (SSSR count). The lowest BCUT2D eigenvalue weighted by molar-refractivity contribution is 0.201. The Morgan fingerprint density at radius 1 is 1.40 bits per heavy atom. The first-order valence-electron chi connectivity index (χ1n) is 4.97. The van der Waals surface area contributed by atoms with Crippen molar-refractivity contribution in [2.75, 3.05) is 0 Å². The number of nitrogens with zero attached hydrogens (tertiary/aromatic N) is 1. The summed E-state index contributed by atoms with van der Waals surface area (Å²) in [4.78, 5) is 0. The molecule has 0 saturated heterocycles. The Balaban J connectivity index is 2.45. The normalized spacial score (nSPS) is 29.3. The van der Waals surface area contributed by atoms with Crippen LogP contribution in [0.25, 0.3) is 0 Å². The van der Waals surface area contributed by atoms with Crippen LogP contribution in [0, 0.1) is 17.2 Å². The molecule has 0 aliphatic heterocycles. The van der Waals surface area contributed by atoms with E-state index in [4.69, 9.17) is 23.2 Å². The highest BCUT2D eigenvalue weighted by molar-refractivity contribution is 6.42. The van der Waals surface area contributed by atoms with E-state index >= 15 is 0 Å². The zero-order valence-electron chi connectivity index (χ0n) is 8.43. The minimum Gasteiger partial charge on any atom is -0.197 e. The van der Waals surface area contributed by atoms with Gasteiger partial charge in [0.25, 0.3) is 0 Å². The molecule has 0 amide bonds. The summed E-state index contributed by atoms with van der Waals surface area (Å²) in [5, 5.41) is 10.4. The van der Waals surface area contributed by atoms with Crippen LogP contribution >= 0.6 is 23.2 Å². The van der Waals surface area contributed by atoms with Crippen LogP contribution in [0.3, 0.4) is 0 Å². The molecule has 1 aromatic carbocycles. The molecular weight excluding hydrogens is 229 g/mol. The van der Waals surface area contributed by atoms with E-state index in [-0.39, 0.29) is 5.41 Å². The minimum absolute atomic E-state index is 0.339. The van der Waals surface area contributed by atoms with Gasteiger partial charge in [-0.2, -0.15) is 5.26 Å². The largest absolute Gasteiger partial charge is 0.197 e. The van der Waals surface area contributed by atoms with E-state index < -0.39 is 0 Å². The van der Waals surface area contributed by atoms with Crippen molar-refractivity contribution in [1.82, 2.24) is 0 Å². The molecule has 78 valence electrons. The van der Waals surface area contributed by atoms with Crippen LogP contribution in [-0.4, -0.2) is 0 Å². The van der Waals surface area contributed by atoms with Gasteiger partial charge in [0.05, 0.1) is 21.5 Å². The van der Waals surface area contributed by atoms with Gasteiger partial charge in [0.15, 0.2) is 0 Å². The van der Waals surface area contributed by atoms with Crippen LogP contribution in [0.5, 0.6) is 0 Å². The second kappa shape index (κ2) is 3.70. The second-order valence-electron chi connectivity index (χ2n) is 4.15. The van der Waals surface area contributed by atoms with Gasteiger partial charge in [0.2, 0.25) is 0 Å². The van der Waals surface area contributed by atoms with Crippen LogP contribution in [0.4, 0.5) is 0 Å². The first-order chi connectivity index (χ1) is 7.10. The van der Waals surface area contributed by atoms with Crippen LogP contribution in [0.15, 0.2) is 18.2 Å². The smallest absolute Gasteiger partial charge is 0.0848 e. The summed E-state index contributed by atoms with van der Waals surface area (Å²) >= 11 is 11.8. The topological polar surface area (TPSA) is 23.8 Å². The van der Waals surface area contributed by atoms with E-state index in [1.54, 1.807) is 6.07 Å². The van der Waals surface area contributed by atoms with Crippen molar-refractivity contribution in [2.24, 2.45) is 5.92 Å². The highest BCUT2D eigenvalue weighted by atomic mass is 35.5. The maximum Gasteiger partial charge on any atom is 0.0848 e. The molecule has 0 radical (unpaired) electrons. The number of hydrogen-bond acceptors (Lipinski definition) is 1. The van der Waals surface area contributed by atoms with Gasteiger partial charge in [0.1, 0.15) is 0 Å². The predicted molar refractivity (Wildman–Crippen MR) is 62.2 cm³/mol. The Kier molecular flexibility index (Phi) is 2.66.